The van der Waals surface area contributed by atoms with Crippen molar-refractivity contribution in [2.24, 2.45) is 35.5 Å². The number of ether oxygens (including phenoxy) is 2. The zero-order chi connectivity index (χ0) is 22.8. The van der Waals surface area contributed by atoms with Crippen molar-refractivity contribution < 1.29 is 58.5 Å². The van der Waals surface area contributed by atoms with Gasteiger partial charge in [0, 0.05) is 24.8 Å². The molecule has 33 heavy (non-hydrogen) atoms. The molecule has 4 rings (SSSR count). The minimum absolute atomic E-state index is 0. The predicted octanol–water partition coefficient (Wildman–Crippen LogP) is -2.29. The van der Waals surface area contributed by atoms with Gasteiger partial charge in [0.15, 0.2) is 6.29 Å². The standard InChI is InChI=1S/C23H36N3O6.Na/c1-12(2)5-19(22(30)25-15(9-27)6-13-3-4-24-21(13)29)26-20(28)8-16-14-7-17-18(16)11-32-23(17)31-10-14;/h9,12-19,23,27H,3-8,10-11H2,1-2H3,(H,24,29)(H,25,30)(H,26,28);/q-1;+1/t13?,14?,15-,16-,17?,18-,19-,23-;/m0./s1. The van der Waals surface area contributed by atoms with E-state index in [2.05, 4.69) is 16.0 Å². The number of rotatable bonds is 10. The minimum Gasteiger partial charge on any atom is -0.564 e. The number of aliphatic hydroxyl groups is 1. The molecule has 8 atom stereocenters. The van der Waals surface area contributed by atoms with Crippen molar-refractivity contribution in [1.29, 1.82) is 0 Å². The molecule has 3 saturated heterocycles. The molecule has 0 aromatic carbocycles. The van der Waals surface area contributed by atoms with Gasteiger partial charge in [0.1, 0.15) is 6.04 Å². The van der Waals surface area contributed by atoms with E-state index in [1.165, 1.54) is 0 Å². The van der Waals surface area contributed by atoms with Gasteiger partial charge in [-0.3, -0.25) is 14.4 Å². The van der Waals surface area contributed by atoms with Crippen LogP contribution in [0.25, 0.3) is 0 Å². The van der Waals surface area contributed by atoms with E-state index in [1.54, 1.807) is 0 Å². The monoisotopic (exact) mass is 473 g/mol. The van der Waals surface area contributed by atoms with E-state index in [4.69, 9.17) is 9.47 Å². The molecule has 0 aromatic heterocycles. The summed E-state index contributed by atoms with van der Waals surface area (Å²) in [5.41, 5.74) is 0. The summed E-state index contributed by atoms with van der Waals surface area (Å²) in [7, 11) is 0. The quantitative estimate of drug-likeness (QED) is 0.209. The normalized spacial score (nSPS) is 33.9. The molecule has 3 aliphatic heterocycles. The number of hydrogen-bond donors (Lipinski definition) is 4. The maximum atomic E-state index is 13.0. The molecule has 4 fully saturated rings. The molecule has 3 unspecified atom stereocenters. The molecule has 0 radical (unpaired) electrons. The first-order valence-electron chi connectivity index (χ1n) is 11.9. The largest absolute Gasteiger partial charge is 1.00 e. The number of carbonyl (C=O) groups excluding carboxylic acids is 3. The topological polar surface area (TPSA) is 126 Å². The van der Waals surface area contributed by atoms with Gasteiger partial charge >= 0.3 is 29.6 Å². The van der Waals surface area contributed by atoms with Crippen molar-refractivity contribution in [3.8, 4) is 0 Å². The zero-order valence-corrected chi connectivity index (χ0v) is 21.9. The van der Waals surface area contributed by atoms with Gasteiger partial charge in [-0.05, 0) is 49.4 Å². The fraction of sp³-hybridized carbons (Fsp3) is 0.826. The first-order valence-corrected chi connectivity index (χ1v) is 11.9. The van der Waals surface area contributed by atoms with E-state index in [0.717, 1.165) is 13.0 Å². The molecule has 1 aliphatic carbocycles. The van der Waals surface area contributed by atoms with Crippen LogP contribution in [0.1, 0.15) is 46.0 Å². The van der Waals surface area contributed by atoms with Gasteiger partial charge in [-0.25, -0.2) is 0 Å². The molecule has 10 heteroatoms. The third-order valence-corrected chi connectivity index (χ3v) is 7.55. The van der Waals surface area contributed by atoms with Gasteiger partial charge < -0.3 is 30.5 Å². The Morgan fingerprint density at radius 2 is 1.97 bits per heavy atom. The summed E-state index contributed by atoms with van der Waals surface area (Å²) in [5, 5.41) is 18.1. The van der Waals surface area contributed by atoms with E-state index in [1.807, 2.05) is 13.8 Å². The van der Waals surface area contributed by atoms with Crippen LogP contribution in [0.15, 0.2) is 0 Å². The van der Waals surface area contributed by atoms with E-state index in [-0.39, 0.29) is 71.3 Å². The average Bonchev–Trinajstić information content (AvgIpc) is 3.41. The Hall–Kier alpha value is -0.710. The van der Waals surface area contributed by atoms with E-state index in [0.29, 0.717) is 63.2 Å². The van der Waals surface area contributed by atoms with Crippen molar-refractivity contribution >= 4 is 17.7 Å². The van der Waals surface area contributed by atoms with E-state index in [9.17, 15) is 19.5 Å². The fourth-order valence-corrected chi connectivity index (χ4v) is 5.94. The second-order valence-electron chi connectivity index (χ2n) is 10.3. The predicted molar refractivity (Wildman–Crippen MR) is 114 cm³/mol. The van der Waals surface area contributed by atoms with Crippen LogP contribution in [-0.4, -0.2) is 61.0 Å². The summed E-state index contributed by atoms with van der Waals surface area (Å²) in [5.74, 6) is 0.770. The number of carbonyl (C=O) groups is 3. The smallest absolute Gasteiger partial charge is 0.564 e. The molecule has 0 aromatic rings. The molecule has 1 saturated carbocycles. The summed E-state index contributed by atoms with van der Waals surface area (Å²) in [6.45, 7) is 6.81. The Balaban J connectivity index is 0.00000306. The van der Waals surface area contributed by atoms with Gasteiger partial charge in [0.25, 0.3) is 0 Å². The van der Waals surface area contributed by atoms with Gasteiger partial charge in [-0.15, -0.1) is 0 Å². The SMILES string of the molecule is CC(C)C[C@H](NC(=O)C[C@H]1C2CO[C@H]3OC[C@@H]1C3C2)C(=O)N[C@H]([CH-]O)CC1CCNC1=O.[Na+]. The number of aliphatic hydroxyl groups excluding tert-OH is 1. The number of fused-ring (bicyclic) bond motifs is 1. The molecule has 180 valence electrons. The summed E-state index contributed by atoms with van der Waals surface area (Å²) in [4.78, 5) is 37.8. The molecule has 3 amide bonds. The van der Waals surface area contributed by atoms with E-state index < -0.39 is 12.1 Å². The first-order chi connectivity index (χ1) is 15.4. The number of amides is 3. The Morgan fingerprint density at radius 1 is 1.21 bits per heavy atom. The molecule has 4 N–H and O–H groups in total. The summed E-state index contributed by atoms with van der Waals surface area (Å²) >= 11 is 0. The van der Waals surface area contributed by atoms with Gasteiger partial charge in [0.2, 0.25) is 17.7 Å². The van der Waals surface area contributed by atoms with Crippen LogP contribution in [0.4, 0.5) is 0 Å². The van der Waals surface area contributed by atoms with Crippen molar-refractivity contribution in [2.45, 2.75) is 64.3 Å². The average molecular weight is 474 g/mol. The third-order valence-electron chi connectivity index (χ3n) is 7.55. The summed E-state index contributed by atoms with van der Waals surface area (Å²) in [6, 6.07) is -1.33. The summed E-state index contributed by atoms with van der Waals surface area (Å²) < 4.78 is 11.5. The minimum atomic E-state index is -0.688. The maximum Gasteiger partial charge on any atom is 1.00 e. The van der Waals surface area contributed by atoms with E-state index >= 15 is 0 Å². The van der Waals surface area contributed by atoms with Gasteiger partial charge in [-0.1, -0.05) is 19.9 Å². The summed E-state index contributed by atoms with van der Waals surface area (Å²) in [6.07, 6.45) is 2.82. The van der Waals surface area contributed by atoms with Crippen LogP contribution in [0.5, 0.6) is 0 Å². The second-order valence-corrected chi connectivity index (χ2v) is 10.3. The molecule has 3 heterocycles. The first kappa shape index (κ1) is 26.9. The molecule has 0 spiro atoms. The van der Waals surface area contributed by atoms with Crippen LogP contribution in [0.2, 0.25) is 0 Å². The molecular formula is C23H36N3NaO6. The Morgan fingerprint density at radius 3 is 2.64 bits per heavy atom. The van der Waals surface area contributed by atoms with Crippen LogP contribution in [-0.2, 0) is 23.9 Å². The molecule has 2 bridgehead atoms. The number of hydrogen-bond acceptors (Lipinski definition) is 6. The van der Waals surface area contributed by atoms with Crippen molar-refractivity contribution in [2.75, 3.05) is 19.8 Å². The third kappa shape index (κ3) is 6.30. The molecule has 4 aliphatic rings. The van der Waals surface area contributed by atoms with Gasteiger partial charge in [-0.2, -0.15) is 6.61 Å². The van der Waals surface area contributed by atoms with Crippen LogP contribution in [0, 0.1) is 42.1 Å². The fourth-order valence-electron chi connectivity index (χ4n) is 5.94. The van der Waals surface area contributed by atoms with Crippen LogP contribution < -0.4 is 45.5 Å². The maximum absolute atomic E-state index is 13.0. The Labute approximate surface area is 217 Å². The molecule has 9 nitrogen and oxygen atoms in total. The Kier molecular flexibility index (Phi) is 9.63. The number of nitrogens with one attached hydrogen (secondary N) is 3. The molecular weight excluding hydrogens is 437 g/mol. The van der Waals surface area contributed by atoms with Crippen molar-refractivity contribution in [3.63, 3.8) is 0 Å². The van der Waals surface area contributed by atoms with Crippen LogP contribution in [0.3, 0.4) is 0 Å². The second kappa shape index (κ2) is 11.8. The van der Waals surface area contributed by atoms with Crippen molar-refractivity contribution in [1.82, 2.24) is 16.0 Å². The zero-order valence-electron chi connectivity index (χ0n) is 19.9. The van der Waals surface area contributed by atoms with Crippen LogP contribution >= 0.6 is 0 Å². The van der Waals surface area contributed by atoms with Crippen molar-refractivity contribution in [3.05, 3.63) is 6.61 Å². The van der Waals surface area contributed by atoms with Gasteiger partial charge in [0.05, 0.1) is 13.2 Å². The Bertz CT molecular complexity index is 722.